The highest BCUT2D eigenvalue weighted by Gasteiger charge is 2.36. The van der Waals surface area contributed by atoms with Crippen LogP contribution < -0.4 is 0 Å². The fraction of sp³-hybridized carbons (Fsp3) is 0.111. The van der Waals surface area contributed by atoms with Gasteiger partial charge in [0.1, 0.15) is 24.1 Å². The zero-order chi connectivity index (χ0) is 18.0. The molecule has 0 radical (unpaired) electrons. The Labute approximate surface area is 154 Å². The summed E-state index contributed by atoms with van der Waals surface area (Å²) in [5, 5.41) is 16.2. The summed E-state index contributed by atoms with van der Waals surface area (Å²) in [5.41, 5.74) is -0.507. The van der Waals surface area contributed by atoms with Crippen LogP contribution in [0.4, 0.5) is 4.39 Å². The van der Waals surface area contributed by atoms with Crippen LogP contribution in [-0.2, 0) is 12.1 Å². The zero-order valence-corrected chi connectivity index (χ0v) is 14.5. The van der Waals surface area contributed by atoms with Crippen LogP contribution in [0.3, 0.4) is 0 Å². The molecule has 1 aromatic heterocycles. The molecule has 0 aliphatic heterocycles. The summed E-state index contributed by atoms with van der Waals surface area (Å²) < 4.78 is 15.1. The van der Waals surface area contributed by atoms with Gasteiger partial charge in [-0.3, -0.25) is 0 Å². The maximum Gasteiger partial charge on any atom is 0.137 e. The van der Waals surface area contributed by atoms with Gasteiger partial charge in [-0.25, -0.2) is 14.1 Å². The first-order chi connectivity index (χ1) is 11.9. The van der Waals surface area contributed by atoms with Gasteiger partial charge in [0.05, 0.1) is 6.54 Å². The van der Waals surface area contributed by atoms with Crippen molar-refractivity contribution in [1.29, 1.82) is 0 Å². The molecule has 0 aliphatic rings. The Balaban J connectivity index is 2.12. The maximum absolute atomic E-state index is 13.6. The second-order valence-corrected chi connectivity index (χ2v) is 6.41. The van der Waals surface area contributed by atoms with Crippen molar-refractivity contribution >= 4 is 28.8 Å². The normalized spacial score (nSPS) is 13.4. The van der Waals surface area contributed by atoms with E-state index in [4.69, 9.17) is 23.2 Å². The minimum absolute atomic E-state index is 0.00367. The van der Waals surface area contributed by atoms with Gasteiger partial charge in [-0.15, -0.1) is 0 Å². The van der Waals surface area contributed by atoms with Crippen LogP contribution in [0.5, 0.6) is 0 Å². The van der Waals surface area contributed by atoms with E-state index in [1.54, 1.807) is 24.3 Å². The average Bonchev–Trinajstić information content (AvgIpc) is 3.06. The Morgan fingerprint density at radius 1 is 1.24 bits per heavy atom. The first-order valence-electron chi connectivity index (χ1n) is 7.36. The number of hydrogen-bond donors (Lipinski definition) is 1. The van der Waals surface area contributed by atoms with Gasteiger partial charge >= 0.3 is 0 Å². The molecule has 0 amide bonds. The van der Waals surface area contributed by atoms with Crippen LogP contribution in [0.15, 0.2) is 61.7 Å². The average molecular weight is 378 g/mol. The number of aliphatic hydroxyl groups is 1. The minimum Gasteiger partial charge on any atom is -0.378 e. The number of rotatable bonds is 5. The van der Waals surface area contributed by atoms with E-state index in [2.05, 4.69) is 16.7 Å². The van der Waals surface area contributed by atoms with Crippen LogP contribution in [0.2, 0.25) is 10.0 Å². The van der Waals surface area contributed by atoms with E-state index in [1.807, 2.05) is 0 Å². The van der Waals surface area contributed by atoms with Gasteiger partial charge in [0, 0.05) is 15.6 Å². The smallest absolute Gasteiger partial charge is 0.137 e. The molecule has 0 saturated carbocycles. The Hall–Kier alpha value is -2.21. The molecule has 1 unspecified atom stereocenters. The summed E-state index contributed by atoms with van der Waals surface area (Å²) in [7, 11) is 0. The molecule has 4 nitrogen and oxygen atoms in total. The van der Waals surface area contributed by atoms with Crippen molar-refractivity contribution in [2.45, 2.75) is 12.1 Å². The van der Waals surface area contributed by atoms with Gasteiger partial charge in [0.2, 0.25) is 0 Å². The van der Waals surface area contributed by atoms with Gasteiger partial charge in [-0.2, -0.15) is 5.10 Å². The monoisotopic (exact) mass is 377 g/mol. The Morgan fingerprint density at radius 3 is 2.68 bits per heavy atom. The molecule has 3 aromatic rings. The van der Waals surface area contributed by atoms with Crippen LogP contribution in [0.25, 0.3) is 5.57 Å². The molecule has 2 aromatic carbocycles. The predicted octanol–water partition coefficient (Wildman–Crippen LogP) is 4.33. The molecule has 0 spiro atoms. The van der Waals surface area contributed by atoms with Crippen molar-refractivity contribution in [2.75, 3.05) is 0 Å². The summed E-state index contributed by atoms with van der Waals surface area (Å²) >= 11 is 12.3. The van der Waals surface area contributed by atoms with Gasteiger partial charge in [0.15, 0.2) is 0 Å². The molecule has 0 fully saturated rings. The van der Waals surface area contributed by atoms with Crippen LogP contribution in [0.1, 0.15) is 11.1 Å². The van der Waals surface area contributed by atoms with E-state index < -0.39 is 11.4 Å². The summed E-state index contributed by atoms with van der Waals surface area (Å²) in [6.45, 7) is 3.99. The topological polar surface area (TPSA) is 50.9 Å². The standard InChI is InChI=1S/C18H14Cl2FN3O/c1-12(13-3-2-4-15(21)7-13)18(25,9-24-11-22-10-23-24)16-6-5-14(19)8-17(16)20/h2-8,10-11,25H,1,9H2. The van der Waals surface area contributed by atoms with E-state index >= 15 is 0 Å². The third-order valence-electron chi connectivity index (χ3n) is 3.91. The molecular formula is C18H14Cl2FN3O. The molecule has 1 N–H and O–H groups in total. The van der Waals surface area contributed by atoms with E-state index in [0.717, 1.165) is 0 Å². The van der Waals surface area contributed by atoms with Crippen LogP contribution in [-0.4, -0.2) is 19.9 Å². The molecule has 0 aliphatic carbocycles. The first kappa shape index (κ1) is 17.6. The second-order valence-electron chi connectivity index (χ2n) is 5.57. The fourth-order valence-electron chi connectivity index (χ4n) is 2.63. The van der Waals surface area contributed by atoms with E-state index in [-0.39, 0.29) is 17.1 Å². The Bertz CT molecular complexity index is 914. The molecule has 128 valence electrons. The van der Waals surface area contributed by atoms with E-state index in [0.29, 0.717) is 16.1 Å². The molecule has 1 heterocycles. The van der Waals surface area contributed by atoms with Gasteiger partial charge in [0.25, 0.3) is 0 Å². The van der Waals surface area contributed by atoms with Crippen LogP contribution >= 0.6 is 23.2 Å². The van der Waals surface area contributed by atoms with Gasteiger partial charge in [-0.1, -0.05) is 48.0 Å². The van der Waals surface area contributed by atoms with Crippen molar-refractivity contribution in [3.63, 3.8) is 0 Å². The van der Waals surface area contributed by atoms with E-state index in [9.17, 15) is 9.50 Å². The fourth-order valence-corrected chi connectivity index (χ4v) is 3.20. The Morgan fingerprint density at radius 2 is 2.04 bits per heavy atom. The lowest BCUT2D eigenvalue weighted by Gasteiger charge is -2.32. The third kappa shape index (κ3) is 3.58. The molecular weight excluding hydrogens is 364 g/mol. The van der Waals surface area contributed by atoms with Crippen LogP contribution in [0, 0.1) is 5.82 Å². The third-order valence-corrected chi connectivity index (χ3v) is 4.45. The summed E-state index contributed by atoms with van der Waals surface area (Å²) in [6, 6.07) is 10.6. The number of aromatic nitrogens is 3. The number of benzene rings is 2. The number of halogens is 3. The van der Waals surface area contributed by atoms with Crippen molar-refractivity contribution < 1.29 is 9.50 Å². The Kier molecular flexibility index (Phi) is 4.90. The van der Waals surface area contributed by atoms with Crippen molar-refractivity contribution in [1.82, 2.24) is 14.8 Å². The van der Waals surface area contributed by atoms with Gasteiger partial charge in [-0.05, 0) is 35.4 Å². The lowest BCUT2D eigenvalue weighted by molar-refractivity contribution is 0.0766. The molecule has 25 heavy (non-hydrogen) atoms. The lowest BCUT2D eigenvalue weighted by atomic mass is 9.83. The second kappa shape index (κ2) is 6.96. The maximum atomic E-state index is 13.6. The predicted molar refractivity (Wildman–Crippen MR) is 95.8 cm³/mol. The van der Waals surface area contributed by atoms with Gasteiger partial charge < -0.3 is 5.11 Å². The van der Waals surface area contributed by atoms with Crippen molar-refractivity contribution in [2.24, 2.45) is 0 Å². The molecule has 7 heteroatoms. The highest BCUT2D eigenvalue weighted by atomic mass is 35.5. The number of nitrogens with zero attached hydrogens (tertiary/aromatic N) is 3. The largest absolute Gasteiger partial charge is 0.378 e. The highest BCUT2D eigenvalue weighted by Crippen LogP contribution is 2.40. The summed E-state index contributed by atoms with van der Waals surface area (Å²) in [4.78, 5) is 3.88. The highest BCUT2D eigenvalue weighted by molar-refractivity contribution is 6.35. The minimum atomic E-state index is -1.64. The molecule has 0 bridgehead atoms. The summed E-state index contributed by atoms with van der Waals surface area (Å²) in [5.74, 6) is -0.427. The first-order valence-corrected chi connectivity index (χ1v) is 8.11. The summed E-state index contributed by atoms with van der Waals surface area (Å²) in [6.07, 6.45) is 2.82. The van der Waals surface area contributed by atoms with E-state index in [1.165, 1.54) is 35.5 Å². The van der Waals surface area contributed by atoms with Crippen molar-refractivity contribution in [3.05, 3.63) is 88.7 Å². The SMILES string of the molecule is C=C(c1cccc(F)c1)C(O)(Cn1cncn1)c1ccc(Cl)cc1Cl. The number of hydrogen-bond acceptors (Lipinski definition) is 3. The quantitative estimate of drug-likeness (QED) is 0.719. The molecule has 1 atom stereocenters. The molecule has 0 saturated heterocycles. The van der Waals surface area contributed by atoms with Crippen molar-refractivity contribution in [3.8, 4) is 0 Å². The zero-order valence-electron chi connectivity index (χ0n) is 13.0. The lowest BCUT2D eigenvalue weighted by Crippen LogP contribution is -2.33. The molecule has 3 rings (SSSR count).